The van der Waals surface area contributed by atoms with E-state index in [9.17, 15) is 9.59 Å². The Kier molecular flexibility index (Phi) is 4.55. The van der Waals surface area contributed by atoms with Gasteiger partial charge < -0.3 is 16.4 Å². The molecule has 86 valence electrons. The maximum atomic E-state index is 11.3. The van der Waals surface area contributed by atoms with Crippen molar-refractivity contribution in [1.82, 2.24) is 10.6 Å². The zero-order chi connectivity index (χ0) is 11.3. The molecule has 2 amide bonds. The average molecular weight is 213 g/mol. The second kappa shape index (κ2) is 5.70. The number of carbonyl (C=O) groups is 2. The van der Waals surface area contributed by atoms with Gasteiger partial charge >= 0.3 is 0 Å². The summed E-state index contributed by atoms with van der Waals surface area (Å²) < 4.78 is 0. The zero-order valence-electron chi connectivity index (χ0n) is 9.08. The minimum atomic E-state index is -0.163. The van der Waals surface area contributed by atoms with Crippen molar-refractivity contribution in [3.05, 3.63) is 0 Å². The van der Waals surface area contributed by atoms with Gasteiger partial charge in [0.1, 0.15) is 0 Å². The van der Waals surface area contributed by atoms with Crippen LogP contribution in [0.15, 0.2) is 0 Å². The molecular weight excluding hydrogens is 194 g/mol. The van der Waals surface area contributed by atoms with Gasteiger partial charge in [0.05, 0.1) is 0 Å². The number of hydrogen-bond donors (Lipinski definition) is 3. The molecule has 0 heterocycles. The van der Waals surface area contributed by atoms with E-state index in [1.807, 2.05) is 0 Å². The van der Waals surface area contributed by atoms with Crippen molar-refractivity contribution in [1.29, 1.82) is 0 Å². The van der Waals surface area contributed by atoms with Crippen LogP contribution in [-0.4, -0.2) is 31.4 Å². The molecule has 1 aliphatic carbocycles. The fourth-order valence-corrected chi connectivity index (χ4v) is 1.14. The monoisotopic (exact) mass is 213 g/mol. The van der Waals surface area contributed by atoms with Crippen LogP contribution in [0.5, 0.6) is 0 Å². The lowest BCUT2D eigenvalue weighted by molar-refractivity contribution is -0.125. The van der Waals surface area contributed by atoms with Crippen LogP contribution in [0, 0.1) is 11.8 Å². The summed E-state index contributed by atoms with van der Waals surface area (Å²) in [5.74, 6) is 0.113. The summed E-state index contributed by atoms with van der Waals surface area (Å²) in [5.41, 5.74) is 5.34. The van der Waals surface area contributed by atoms with Crippen LogP contribution in [0.2, 0.25) is 0 Å². The molecule has 0 bridgehead atoms. The molecule has 0 aliphatic heterocycles. The third kappa shape index (κ3) is 4.29. The Morgan fingerprint density at radius 3 is 2.47 bits per heavy atom. The first-order valence-electron chi connectivity index (χ1n) is 5.40. The predicted octanol–water partition coefficient (Wildman–Crippen LogP) is -0.776. The Bertz CT molecular complexity index is 239. The predicted molar refractivity (Wildman–Crippen MR) is 57.0 cm³/mol. The van der Waals surface area contributed by atoms with Gasteiger partial charge in [-0.3, -0.25) is 9.59 Å². The van der Waals surface area contributed by atoms with Crippen LogP contribution >= 0.6 is 0 Å². The highest BCUT2D eigenvalue weighted by Crippen LogP contribution is 2.28. The van der Waals surface area contributed by atoms with Gasteiger partial charge in [-0.25, -0.2) is 0 Å². The van der Waals surface area contributed by atoms with E-state index in [0.29, 0.717) is 19.6 Å². The lowest BCUT2D eigenvalue weighted by Gasteiger charge is -2.10. The van der Waals surface area contributed by atoms with Crippen LogP contribution in [0.3, 0.4) is 0 Å². The van der Waals surface area contributed by atoms with Crippen molar-refractivity contribution >= 4 is 11.8 Å². The molecular formula is C10H19N3O2. The topological polar surface area (TPSA) is 84.2 Å². The van der Waals surface area contributed by atoms with Crippen LogP contribution in [0.1, 0.15) is 19.8 Å². The molecule has 0 spiro atoms. The molecule has 15 heavy (non-hydrogen) atoms. The number of rotatable bonds is 6. The molecule has 0 aromatic carbocycles. The molecule has 1 saturated carbocycles. The van der Waals surface area contributed by atoms with E-state index >= 15 is 0 Å². The molecule has 0 saturated heterocycles. The first-order valence-corrected chi connectivity index (χ1v) is 5.40. The minimum Gasteiger partial charge on any atom is -0.354 e. The molecule has 0 aromatic heterocycles. The summed E-state index contributed by atoms with van der Waals surface area (Å²) in [4.78, 5) is 22.5. The van der Waals surface area contributed by atoms with Gasteiger partial charge in [0.25, 0.3) is 0 Å². The molecule has 1 aliphatic rings. The molecule has 1 rings (SSSR count). The Morgan fingerprint density at radius 2 is 1.93 bits per heavy atom. The maximum Gasteiger partial charge on any atom is 0.224 e. The normalized spacial score (nSPS) is 16.9. The van der Waals surface area contributed by atoms with Gasteiger partial charge in [-0.2, -0.15) is 0 Å². The number of nitrogens with two attached hydrogens (primary N) is 1. The quantitative estimate of drug-likeness (QED) is 0.506. The number of nitrogens with one attached hydrogen (secondary N) is 2. The fraction of sp³-hybridized carbons (Fsp3) is 0.800. The zero-order valence-corrected chi connectivity index (χ0v) is 9.08. The molecule has 1 atom stereocenters. The summed E-state index contributed by atoms with van der Waals surface area (Å²) in [7, 11) is 0. The molecule has 0 radical (unpaired) electrons. The Balaban J connectivity index is 2.00. The molecule has 4 N–H and O–H groups in total. The smallest absolute Gasteiger partial charge is 0.224 e. The highest BCUT2D eigenvalue weighted by Gasteiger charge is 2.28. The second-order valence-electron chi connectivity index (χ2n) is 3.99. The van der Waals surface area contributed by atoms with Crippen LogP contribution in [0.4, 0.5) is 0 Å². The van der Waals surface area contributed by atoms with E-state index in [1.54, 1.807) is 6.92 Å². The van der Waals surface area contributed by atoms with E-state index < -0.39 is 0 Å². The van der Waals surface area contributed by atoms with Gasteiger partial charge in [-0.05, 0) is 12.8 Å². The largest absolute Gasteiger partial charge is 0.354 e. The number of carbonyl (C=O) groups excluding carboxylic acids is 2. The third-order valence-electron chi connectivity index (χ3n) is 2.47. The maximum absolute atomic E-state index is 11.3. The standard InChI is InChI=1S/C10H19N3O2/c1-7(6-11)9(14)12-4-5-13-10(15)8-2-3-8/h7-8H,2-6,11H2,1H3,(H,12,14)(H,13,15). The van der Waals surface area contributed by atoms with Gasteiger partial charge in [0.2, 0.25) is 11.8 Å². The van der Waals surface area contributed by atoms with Crippen LogP contribution < -0.4 is 16.4 Å². The summed E-state index contributed by atoms with van der Waals surface area (Å²) in [6.45, 7) is 3.10. The van der Waals surface area contributed by atoms with Crippen molar-refractivity contribution in [3.63, 3.8) is 0 Å². The van der Waals surface area contributed by atoms with E-state index in [0.717, 1.165) is 12.8 Å². The van der Waals surface area contributed by atoms with E-state index in [2.05, 4.69) is 10.6 Å². The first-order chi connectivity index (χ1) is 7.15. The van der Waals surface area contributed by atoms with Crippen molar-refractivity contribution in [2.45, 2.75) is 19.8 Å². The molecule has 5 heteroatoms. The molecule has 0 aromatic rings. The number of hydrogen-bond acceptors (Lipinski definition) is 3. The van der Waals surface area contributed by atoms with Gasteiger partial charge in [-0.1, -0.05) is 6.92 Å². The summed E-state index contributed by atoms with van der Waals surface area (Å²) >= 11 is 0. The lowest BCUT2D eigenvalue weighted by atomic mass is 10.2. The fourth-order valence-electron chi connectivity index (χ4n) is 1.14. The van der Waals surface area contributed by atoms with Crippen LogP contribution in [0.25, 0.3) is 0 Å². The van der Waals surface area contributed by atoms with E-state index in [4.69, 9.17) is 5.73 Å². The van der Waals surface area contributed by atoms with Gasteiger partial charge in [0, 0.05) is 31.5 Å². The van der Waals surface area contributed by atoms with Gasteiger partial charge in [-0.15, -0.1) is 0 Å². The number of amides is 2. The molecule has 1 unspecified atom stereocenters. The van der Waals surface area contributed by atoms with Crippen molar-refractivity contribution in [3.8, 4) is 0 Å². The van der Waals surface area contributed by atoms with Crippen molar-refractivity contribution < 1.29 is 9.59 Å². The SMILES string of the molecule is CC(CN)C(=O)NCCNC(=O)C1CC1. The van der Waals surface area contributed by atoms with Crippen LogP contribution in [-0.2, 0) is 9.59 Å². The second-order valence-corrected chi connectivity index (χ2v) is 3.99. The van der Waals surface area contributed by atoms with E-state index in [1.165, 1.54) is 0 Å². The van der Waals surface area contributed by atoms with E-state index in [-0.39, 0.29) is 23.7 Å². The van der Waals surface area contributed by atoms with Crippen molar-refractivity contribution in [2.24, 2.45) is 17.6 Å². The Labute approximate surface area is 89.8 Å². The van der Waals surface area contributed by atoms with Gasteiger partial charge in [0.15, 0.2) is 0 Å². The summed E-state index contributed by atoms with van der Waals surface area (Å²) in [5, 5.41) is 5.49. The summed E-state index contributed by atoms with van der Waals surface area (Å²) in [6, 6.07) is 0. The Hall–Kier alpha value is -1.10. The minimum absolute atomic E-state index is 0.0572. The highest BCUT2D eigenvalue weighted by molar-refractivity contribution is 5.81. The highest BCUT2D eigenvalue weighted by atomic mass is 16.2. The molecule has 5 nitrogen and oxygen atoms in total. The average Bonchev–Trinajstić information content (AvgIpc) is 3.06. The summed E-state index contributed by atoms with van der Waals surface area (Å²) in [6.07, 6.45) is 2.00. The lowest BCUT2D eigenvalue weighted by Crippen LogP contribution is -2.39. The first kappa shape index (κ1) is 12.0. The molecule has 1 fully saturated rings. The Morgan fingerprint density at radius 1 is 1.33 bits per heavy atom. The third-order valence-corrected chi connectivity index (χ3v) is 2.47. The van der Waals surface area contributed by atoms with Crippen molar-refractivity contribution in [2.75, 3.05) is 19.6 Å².